The zero-order valence-corrected chi connectivity index (χ0v) is 30.2. The van der Waals surface area contributed by atoms with Gasteiger partial charge in [-0.2, -0.15) is 0 Å². The third-order valence-electron chi connectivity index (χ3n) is 11.0. The highest BCUT2D eigenvalue weighted by atomic mass is 15.1. The molecule has 0 N–H and O–H groups in total. The Hall–Kier alpha value is -6.84. The van der Waals surface area contributed by atoms with Crippen LogP contribution in [-0.2, 0) is 5.41 Å². The molecule has 1 aliphatic rings. The lowest BCUT2D eigenvalue weighted by Gasteiger charge is -2.28. The van der Waals surface area contributed by atoms with Gasteiger partial charge in [-0.15, -0.1) is 0 Å². The number of anilines is 3. The quantitative estimate of drug-likeness (QED) is 0.163. The van der Waals surface area contributed by atoms with E-state index in [-0.39, 0.29) is 5.41 Å². The van der Waals surface area contributed by atoms with E-state index in [2.05, 4.69) is 195 Å². The second-order valence-electron chi connectivity index (χ2n) is 14.6. The van der Waals surface area contributed by atoms with E-state index < -0.39 is 0 Å². The molecule has 0 saturated carbocycles. The normalized spacial score (nSPS) is 12.8. The van der Waals surface area contributed by atoms with Crippen molar-refractivity contribution in [2.24, 2.45) is 0 Å². The van der Waals surface area contributed by atoms with Gasteiger partial charge in [-0.05, 0) is 93.4 Å². The number of benzene rings is 8. The van der Waals surface area contributed by atoms with E-state index >= 15 is 0 Å². The third-order valence-corrected chi connectivity index (χ3v) is 11.0. The van der Waals surface area contributed by atoms with Gasteiger partial charge in [0.05, 0.1) is 22.4 Å². The Labute approximate surface area is 315 Å². The van der Waals surface area contributed by atoms with E-state index in [0.717, 1.165) is 61.4 Å². The molecule has 1 aliphatic carbocycles. The summed E-state index contributed by atoms with van der Waals surface area (Å²) in [5, 5.41) is 2.25. The average Bonchev–Trinajstić information content (AvgIpc) is 3.46. The molecule has 0 spiro atoms. The minimum absolute atomic E-state index is 0.145. The molecule has 0 amide bonds. The van der Waals surface area contributed by atoms with Crippen LogP contribution in [0.3, 0.4) is 0 Å². The second kappa shape index (κ2) is 12.7. The lowest BCUT2D eigenvalue weighted by molar-refractivity contribution is 0.660. The summed E-state index contributed by atoms with van der Waals surface area (Å²) >= 11 is 0. The van der Waals surface area contributed by atoms with Gasteiger partial charge < -0.3 is 4.90 Å². The summed E-state index contributed by atoms with van der Waals surface area (Å²) in [7, 11) is 0. The maximum absolute atomic E-state index is 5.33. The molecule has 54 heavy (non-hydrogen) atoms. The molecule has 10 rings (SSSR count). The first-order chi connectivity index (χ1) is 26.5. The smallest absolute Gasteiger partial charge is 0.0973 e. The van der Waals surface area contributed by atoms with Gasteiger partial charge in [0.15, 0.2) is 0 Å². The van der Waals surface area contributed by atoms with Gasteiger partial charge >= 0.3 is 0 Å². The van der Waals surface area contributed by atoms with E-state index in [0.29, 0.717) is 0 Å². The molecular formula is C51H37N3. The molecule has 8 aromatic carbocycles. The number of hydrogen-bond donors (Lipinski definition) is 0. The Balaban J connectivity index is 1.06. The highest BCUT2D eigenvalue weighted by molar-refractivity contribution is 6.06. The van der Waals surface area contributed by atoms with E-state index in [1.165, 1.54) is 33.4 Å². The lowest BCUT2D eigenvalue weighted by Crippen LogP contribution is -2.16. The maximum Gasteiger partial charge on any atom is 0.0973 e. The lowest BCUT2D eigenvalue weighted by atomic mass is 9.82. The molecule has 3 heteroatoms. The highest BCUT2D eigenvalue weighted by Gasteiger charge is 2.36. The first kappa shape index (κ1) is 31.9. The van der Waals surface area contributed by atoms with E-state index in [9.17, 15) is 0 Å². The van der Waals surface area contributed by atoms with Gasteiger partial charge in [0.2, 0.25) is 0 Å². The zero-order chi connectivity index (χ0) is 36.2. The summed E-state index contributed by atoms with van der Waals surface area (Å²) in [5.41, 5.74) is 16.7. The second-order valence-corrected chi connectivity index (χ2v) is 14.6. The van der Waals surface area contributed by atoms with Crippen molar-refractivity contribution in [2.45, 2.75) is 19.3 Å². The molecule has 0 aliphatic heterocycles. The van der Waals surface area contributed by atoms with Gasteiger partial charge in [-0.25, -0.2) is 9.97 Å². The van der Waals surface area contributed by atoms with Crippen LogP contribution in [-0.4, -0.2) is 9.97 Å². The Morgan fingerprint density at radius 2 is 0.981 bits per heavy atom. The molecular weight excluding hydrogens is 655 g/mol. The molecule has 9 aromatic rings. The average molecular weight is 692 g/mol. The van der Waals surface area contributed by atoms with Crippen LogP contribution < -0.4 is 4.90 Å². The standard InChI is InChI=1S/C51H37N3/c1-51(2)45-29-24-37(32-44(45)43-28-26-41(33-46(43)51)54(39-19-11-5-12-20-39)40-21-13-6-14-22-40)36-23-27-42-38(31-36)25-30-47-50(42)53-49(35-17-9-4-10-18-35)48(52-47)34-15-7-3-8-16-34/h3-33H,1-2H3. The summed E-state index contributed by atoms with van der Waals surface area (Å²) in [5.74, 6) is 0. The predicted octanol–water partition coefficient (Wildman–Crippen LogP) is 13.6. The van der Waals surface area contributed by atoms with Crippen molar-refractivity contribution in [1.29, 1.82) is 0 Å². The zero-order valence-electron chi connectivity index (χ0n) is 30.2. The fourth-order valence-corrected chi connectivity index (χ4v) is 8.28. The summed E-state index contributed by atoms with van der Waals surface area (Å²) in [6.45, 7) is 4.71. The monoisotopic (exact) mass is 691 g/mol. The van der Waals surface area contributed by atoms with Crippen molar-refractivity contribution in [3.05, 3.63) is 199 Å². The molecule has 3 nitrogen and oxygen atoms in total. The number of hydrogen-bond acceptors (Lipinski definition) is 3. The molecule has 0 unspecified atom stereocenters. The Morgan fingerprint density at radius 3 is 1.63 bits per heavy atom. The van der Waals surface area contributed by atoms with E-state index in [1.807, 2.05) is 12.1 Å². The Bertz CT molecular complexity index is 2790. The molecule has 0 atom stereocenters. The molecule has 0 bridgehead atoms. The van der Waals surface area contributed by atoms with Crippen molar-refractivity contribution in [3.63, 3.8) is 0 Å². The molecule has 0 saturated heterocycles. The Kier molecular flexibility index (Phi) is 7.48. The van der Waals surface area contributed by atoms with Crippen LogP contribution in [0.5, 0.6) is 0 Å². The van der Waals surface area contributed by atoms with Gasteiger partial charge in [0.25, 0.3) is 0 Å². The fourth-order valence-electron chi connectivity index (χ4n) is 8.28. The molecule has 0 radical (unpaired) electrons. The maximum atomic E-state index is 5.33. The van der Waals surface area contributed by atoms with Gasteiger partial charge in [0.1, 0.15) is 0 Å². The summed E-state index contributed by atoms with van der Waals surface area (Å²) in [6, 6.07) is 67.1. The number of para-hydroxylation sites is 2. The van der Waals surface area contributed by atoms with Crippen molar-refractivity contribution < 1.29 is 0 Å². The Morgan fingerprint density at radius 1 is 0.407 bits per heavy atom. The molecule has 1 heterocycles. The van der Waals surface area contributed by atoms with Gasteiger partial charge in [0, 0.05) is 39.0 Å². The van der Waals surface area contributed by atoms with Crippen LogP contribution in [0, 0.1) is 0 Å². The van der Waals surface area contributed by atoms with Crippen LogP contribution in [0.1, 0.15) is 25.0 Å². The molecule has 1 aromatic heterocycles. The van der Waals surface area contributed by atoms with E-state index in [1.54, 1.807) is 0 Å². The third kappa shape index (κ3) is 5.28. The van der Waals surface area contributed by atoms with Gasteiger partial charge in [-0.3, -0.25) is 0 Å². The topological polar surface area (TPSA) is 29.0 Å². The largest absolute Gasteiger partial charge is 0.310 e. The predicted molar refractivity (Wildman–Crippen MR) is 226 cm³/mol. The van der Waals surface area contributed by atoms with E-state index in [4.69, 9.17) is 9.97 Å². The minimum Gasteiger partial charge on any atom is -0.310 e. The molecule has 256 valence electrons. The number of nitrogens with zero attached hydrogens (tertiary/aromatic N) is 3. The first-order valence-corrected chi connectivity index (χ1v) is 18.6. The number of fused-ring (bicyclic) bond motifs is 6. The van der Waals surface area contributed by atoms with Crippen LogP contribution in [0.4, 0.5) is 17.1 Å². The number of rotatable bonds is 6. The fraction of sp³-hybridized carbons (Fsp3) is 0.0588. The summed E-state index contributed by atoms with van der Waals surface area (Å²) < 4.78 is 0. The van der Waals surface area contributed by atoms with Crippen molar-refractivity contribution in [1.82, 2.24) is 9.97 Å². The van der Waals surface area contributed by atoms with Crippen molar-refractivity contribution >= 4 is 38.9 Å². The SMILES string of the molecule is CC1(C)c2ccc(-c3ccc4c(ccc5nc(-c6ccccc6)c(-c6ccccc6)nc54)c3)cc2-c2ccc(N(c3ccccc3)c3ccccc3)cc21. The van der Waals surface area contributed by atoms with Crippen LogP contribution in [0.25, 0.3) is 66.6 Å². The van der Waals surface area contributed by atoms with Crippen molar-refractivity contribution in [3.8, 4) is 44.8 Å². The number of aromatic nitrogens is 2. The summed E-state index contributed by atoms with van der Waals surface area (Å²) in [6.07, 6.45) is 0. The van der Waals surface area contributed by atoms with Crippen molar-refractivity contribution in [2.75, 3.05) is 4.90 Å². The minimum atomic E-state index is -0.145. The first-order valence-electron chi connectivity index (χ1n) is 18.6. The molecule has 0 fully saturated rings. The summed E-state index contributed by atoms with van der Waals surface area (Å²) in [4.78, 5) is 12.9. The van der Waals surface area contributed by atoms with Gasteiger partial charge in [-0.1, -0.05) is 147 Å². The highest BCUT2D eigenvalue weighted by Crippen LogP contribution is 2.51. The van der Waals surface area contributed by atoms with Crippen LogP contribution in [0.15, 0.2) is 188 Å². The van der Waals surface area contributed by atoms with Crippen LogP contribution >= 0.6 is 0 Å². The van der Waals surface area contributed by atoms with Crippen LogP contribution in [0.2, 0.25) is 0 Å².